The lowest BCUT2D eigenvalue weighted by molar-refractivity contribution is 0.346. The minimum Gasteiger partial charge on any atom is -0.227 e. The fraction of sp³-hybridized carbons (Fsp3) is 0.115. The second-order valence-electron chi connectivity index (χ2n) is 14.7. The Morgan fingerprint density at radius 2 is 0.638 bits per heavy atom. The summed E-state index contributed by atoms with van der Waals surface area (Å²) in [7, 11) is 0. The van der Waals surface area contributed by atoms with Crippen LogP contribution in [0.15, 0.2) is 170 Å². The van der Waals surface area contributed by atoms with Gasteiger partial charge in [0, 0.05) is 38.8 Å². The van der Waals surface area contributed by atoms with Crippen LogP contribution in [0, 0.1) is 22.7 Å². The summed E-state index contributed by atoms with van der Waals surface area (Å²) in [4.78, 5) is 20.1. The molecule has 0 bridgehead atoms. The summed E-state index contributed by atoms with van der Waals surface area (Å²) < 4.78 is 0. The first-order valence-corrected chi connectivity index (χ1v) is 19.7. The van der Waals surface area contributed by atoms with Crippen LogP contribution < -0.4 is 0 Å². The fourth-order valence-corrected chi connectivity index (χ4v) is 8.39. The highest BCUT2D eigenvalue weighted by Crippen LogP contribution is 2.46. The Hall–Kier alpha value is -7.54. The van der Waals surface area contributed by atoms with Crippen molar-refractivity contribution in [3.8, 4) is 79.9 Å². The van der Waals surface area contributed by atoms with E-state index in [9.17, 15) is 10.5 Å². The largest absolute Gasteiger partial charge is 0.227 e. The van der Waals surface area contributed by atoms with Gasteiger partial charge in [-0.2, -0.15) is 10.5 Å². The van der Waals surface area contributed by atoms with E-state index in [1.165, 1.54) is 17.5 Å². The summed E-state index contributed by atoms with van der Waals surface area (Å²) in [6.07, 6.45) is 5.58. The molecular weight excluding hydrogens is 709 g/mol. The zero-order valence-corrected chi connectivity index (χ0v) is 31.9. The summed E-state index contributed by atoms with van der Waals surface area (Å²) in [5.74, 6) is 1.16. The third-order valence-electron chi connectivity index (χ3n) is 11.3. The molecule has 0 amide bonds. The number of nitrogens with zero attached hydrogens (tertiary/aromatic N) is 6. The Balaban J connectivity index is 1.10. The molecule has 2 aromatic heterocycles. The van der Waals surface area contributed by atoms with Crippen molar-refractivity contribution in [1.29, 1.82) is 10.5 Å². The highest BCUT2D eigenvalue weighted by molar-refractivity contribution is 5.81. The second kappa shape index (κ2) is 15.9. The van der Waals surface area contributed by atoms with Gasteiger partial charge in [-0.15, -0.1) is 0 Å². The van der Waals surface area contributed by atoms with Crippen LogP contribution in [-0.4, -0.2) is 19.9 Å². The zero-order chi connectivity index (χ0) is 39.3. The van der Waals surface area contributed by atoms with Gasteiger partial charge in [0.05, 0.1) is 22.8 Å². The molecular formula is C52H38N6. The summed E-state index contributed by atoms with van der Waals surface area (Å²) in [5, 5.41) is 20.7. The maximum Gasteiger partial charge on any atom is 0.160 e. The average molecular weight is 747 g/mol. The van der Waals surface area contributed by atoms with Crippen LogP contribution in [0.25, 0.3) is 67.8 Å². The van der Waals surface area contributed by atoms with Gasteiger partial charge in [-0.25, -0.2) is 19.9 Å². The maximum atomic E-state index is 10.4. The molecule has 1 saturated carbocycles. The van der Waals surface area contributed by atoms with E-state index >= 15 is 0 Å². The first-order valence-electron chi connectivity index (χ1n) is 19.7. The molecule has 6 heteroatoms. The minimum atomic E-state index is -0.166. The minimum absolute atomic E-state index is 0.166. The molecule has 6 nitrogen and oxygen atoms in total. The first-order chi connectivity index (χ1) is 28.6. The first kappa shape index (κ1) is 36.1. The van der Waals surface area contributed by atoms with Crippen LogP contribution in [-0.2, 0) is 5.41 Å². The number of hydrogen-bond donors (Lipinski definition) is 0. The van der Waals surface area contributed by atoms with E-state index in [2.05, 4.69) is 60.7 Å². The predicted octanol–water partition coefficient (Wildman–Crippen LogP) is 12.3. The normalized spacial score (nSPS) is 13.3. The van der Waals surface area contributed by atoms with Crippen LogP contribution in [0.4, 0.5) is 0 Å². The van der Waals surface area contributed by atoms with Gasteiger partial charge in [0.2, 0.25) is 0 Å². The summed E-state index contributed by atoms with van der Waals surface area (Å²) >= 11 is 0. The maximum absolute atomic E-state index is 10.4. The smallest absolute Gasteiger partial charge is 0.160 e. The molecule has 1 aliphatic carbocycles. The Morgan fingerprint density at radius 3 is 0.914 bits per heavy atom. The lowest BCUT2D eigenvalue weighted by atomic mass is 9.65. The van der Waals surface area contributed by atoms with Gasteiger partial charge >= 0.3 is 0 Å². The molecule has 9 rings (SSSR count). The van der Waals surface area contributed by atoms with Gasteiger partial charge in [0.15, 0.2) is 11.6 Å². The predicted molar refractivity (Wildman–Crippen MR) is 230 cm³/mol. The molecule has 0 N–H and O–H groups in total. The monoisotopic (exact) mass is 746 g/mol. The Kier molecular flexibility index (Phi) is 9.90. The van der Waals surface area contributed by atoms with E-state index in [1.54, 1.807) is 0 Å². The second-order valence-corrected chi connectivity index (χ2v) is 14.7. The zero-order valence-electron chi connectivity index (χ0n) is 31.9. The number of aromatic nitrogens is 4. The Labute approximate surface area is 338 Å². The van der Waals surface area contributed by atoms with Crippen molar-refractivity contribution in [2.24, 2.45) is 0 Å². The summed E-state index contributed by atoms with van der Waals surface area (Å²) in [6.45, 7) is 0. The number of rotatable bonds is 8. The lowest BCUT2D eigenvalue weighted by Crippen LogP contribution is -2.30. The third kappa shape index (κ3) is 6.83. The highest BCUT2D eigenvalue weighted by atomic mass is 14.9. The van der Waals surface area contributed by atoms with Crippen molar-refractivity contribution >= 4 is 0 Å². The molecule has 0 radical (unpaired) electrons. The van der Waals surface area contributed by atoms with E-state index in [4.69, 9.17) is 19.9 Å². The van der Waals surface area contributed by atoms with Gasteiger partial charge in [-0.1, -0.05) is 189 Å². The van der Waals surface area contributed by atoms with Gasteiger partial charge in [-0.3, -0.25) is 0 Å². The molecule has 8 aromatic rings. The van der Waals surface area contributed by atoms with Crippen molar-refractivity contribution in [3.05, 3.63) is 192 Å². The SMILES string of the molecule is N#Cc1c(-c2ccccc2)nc(-c2ccc(C3(c4ccc(-c5nc(-c6ccccc6)c(C#N)c(-c6ccccc6)n5)cc4)CCCCC3)cc2)nc1-c1ccccc1. The van der Waals surface area contributed by atoms with Crippen molar-refractivity contribution < 1.29 is 0 Å². The molecule has 1 fully saturated rings. The van der Waals surface area contributed by atoms with Gasteiger partial charge in [0.1, 0.15) is 23.3 Å². The Morgan fingerprint density at radius 1 is 0.345 bits per heavy atom. The van der Waals surface area contributed by atoms with Crippen molar-refractivity contribution in [2.45, 2.75) is 37.5 Å². The van der Waals surface area contributed by atoms with Gasteiger partial charge < -0.3 is 0 Å². The molecule has 276 valence electrons. The van der Waals surface area contributed by atoms with E-state index in [0.29, 0.717) is 45.6 Å². The molecule has 2 heterocycles. The van der Waals surface area contributed by atoms with E-state index in [1.807, 2.05) is 121 Å². The van der Waals surface area contributed by atoms with Crippen molar-refractivity contribution in [3.63, 3.8) is 0 Å². The van der Waals surface area contributed by atoms with Crippen molar-refractivity contribution in [2.75, 3.05) is 0 Å². The molecule has 0 spiro atoms. The van der Waals surface area contributed by atoms with E-state index in [0.717, 1.165) is 59.1 Å². The van der Waals surface area contributed by atoms with Crippen LogP contribution in [0.1, 0.15) is 54.4 Å². The van der Waals surface area contributed by atoms with Crippen molar-refractivity contribution in [1.82, 2.24) is 19.9 Å². The van der Waals surface area contributed by atoms with Gasteiger partial charge in [0.25, 0.3) is 0 Å². The van der Waals surface area contributed by atoms with E-state index < -0.39 is 0 Å². The number of nitriles is 2. The molecule has 0 saturated heterocycles. The highest BCUT2D eigenvalue weighted by Gasteiger charge is 2.36. The molecule has 0 unspecified atom stereocenters. The average Bonchev–Trinajstić information content (AvgIpc) is 3.32. The van der Waals surface area contributed by atoms with E-state index in [-0.39, 0.29) is 5.41 Å². The van der Waals surface area contributed by atoms with Gasteiger partial charge in [-0.05, 0) is 24.0 Å². The third-order valence-corrected chi connectivity index (χ3v) is 11.3. The lowest BCUT2D eigenvalue weighted by Gasteiger charge is -2.39. The molecule has 0 atom stereocenters. The van der Waals surface area contributed by atoms with Crippen LogP contribution in [0.5, 0.6) is 0 Å². The standard InChI is InChI=1S/C52H38N6/c53-34-44-46(36-16-6-1-7-17-36)55-50(56-47(44)37-18-8-2-9-19-37)40-24-28-42(29-25-40)52(32-14-5-15-33-52)43-30-26-41(27-31-43)51-57-48(38-20-10-3-11-21-38)45(35-54)49(58-51)39-22-12-4-13-23-39/h1-4,6-13,16-31H,5,14-15,32-33H2. The summed E-state index contributed by atoms with van der Waals surface area (Å²) in [5.41, 5.74) is 11.1. The van der Waals surface area contributed by atoms with Crippen LogP contribution in [0.2, 0.25) is 0 Å². The summed E-state index contributed by atoms with van der Waals surface area (Å²) in [6, 6.07) is 61.8. The molecule has 58 heavy (non-hydrogen) atoms. The quantitative estimate of drug-likeness (QED) is 0.153. The fourth-order valence-electron chi connectivity index (χ4n) is 8.39. The van der Waals surface area contributed by atoms with Crippen LogP contribution in [0.3, 0.4) is 0 Å². The molecule has 1 aliphatic rings. The number of benzene rings is 6. The Bertz CT molecular complexity index is 2470. The molecule has 6 aromatic carbocycles. The topological polar surface area (TPSA) is 99.1 Å². The van der Waals surface area contributed by atoms with Crippen LogP contribution >= 0.6 is 0 Å². The molecule has 0 aliphatic heterocycles. The number of hydrogen-bond acceptors (Lipinski definition) is 6.